The van der Waals surface area contributed by atoms with Crippen molar-refractivity contribution in [3.05, 3.63) is 16.7 Å². The van der Waals surface area contributed by atoms with E-state index in [1.165, 1.54) is 17.6 Å². The van der Waals surface area contributed by atoms with Crippen LogP contribution in [0.3, 0.4) is 0 Å². The first-order valence-corrected chi connectivity index (χ1v) is 8.81. The lowest BCUT2D eigenvalue weighted by Gasteiger charge is -2.25. The van der Waals surface area contributed by atoms with Gasteiger partial charge in [-0.2, -0.15) is 4.98 Å². The Kier molecular flexibility index (Phi) is 3.12. The number of H-pyrrole nitrogens is 1. The van der Waals surface area contributed by atoms with Gasteiger partial charge in [-0.1, -0.05) is 0 Å². The van der Waals surface area contributed by atoms with Crippen molar-refractivity contribution < 1.29 is 23.5 Å². The molecule has 0 unspecified atom stereocenters. The van der Waals surface area contributed by atoms with Gasteiger partial charge in [0, 0.05) is 6.66 Å². The highest BCUT2D eigenvalue weighted by molar-refractivity contribution is 7.53. The van der Waals surface area contributed by atoms with E-state index in [0.29, 0.717) is 0 Å². The number of nitrogens with zero attached hydrogens (tertiary/aromatic N) is 3. The normalized spacial score (nSPS) is 37.1. The van der Waals surface area contributed by atoms with Crippen LogP contribution in [0.5, 0.6) is 0 Å². The van der Waals surface area contributed by atoms with Crippen molar-refractivity contribution in [1.82, 2.24) is 19.5 Å². The number of rotatable bonds is 1. The van der Waals surface area contributed by atoms with E-state index in [0.717, 1.165) is 0 Å². The van der Waals surface area contributed by atoms with Gasteiger partial charge in [-0.25, -0.2) is 4.98 Å². The van der Waals surface area contributed by atoms with Crippen LogP contribution >= 0.6 is 7.60 Å². The Balaban J connectivity index is 1.82. The fraction of sp³-hybridized carbons (Fsp3) is 0.545. The summed E-state index contributed by atoms with van der Waals surface area (Å²) in [4.78, 5) is 22.2. The van der Waals surface area contributed by atoms with Gasteiger partial charge in [-0.05, 0) is 0 Å². The van der Waals surface area contributed by atoms with Crippen LogP contribution < -0.4 is 11.3 Å². The van der Waals surface area contributed by atoms with Crippen LogP contribution in [0.15, 0.2) is 11.1 Å². The van der Waals surface area contributed by atoms with Gasteiger partial charge in [0.2, 0.25) is 5.95 Å². The lowest BCUT2D eigenvalue weighted by atomic mass is 10.1. The highest BCUT2D eigenvalue weighted by Crippen LogP contribution is 2.52. The zero-order valence-electron chi connectivity index (χ0n) is 11.9. The lowest BCUT2D eigenvalue weighted by Crippen LogP contribution is -2.32. The third-order valence-corrected chi connectivity index (χ3v) is 5.07. The maximum Gasteiger partial charge on any atom is 0.328 e. The van der Waals surface area contributed by atoms with E-state index in [9.17, 15) is 14.5 Å². The maximum atomic E-state index is 12.1. The van der Waals surface area contributed by atoms with Crippen LogP contribution in [0, 0.1) is 0 Å². The van der Waals surface area contributed by atoms with E-state index in [1.807, 2.05) is 0 Å². The van der Waals surface area contributed by atoms with Crippen LogP contribution in [0.25, 0.3) is 11.2 Å². The number of fused-ring (bicyclic) bond motifs is 3. The molecule has 4 heterocycles. The number of ether oxygens (including phenoxy) is 1. The second-order valence-electron chi connectivity index (χ2n) is 5.47. The lowest BCUT2D eigenvalue weighted by molar-refractivity contribution is -0.0601. The summed E-state index contributed by atoms with van der Waals surface area (Å²) < 4.78 is 29.8. The van der Waals surface area contributed by atoms with Gasteiger partial charge in [0.1, 0.15) is 18.3 Å². The number of nitrogens with two attached hydrogens (primary N) is 1. The number of imidazole rings is 1. The first-order valence-electron chi connectivity index (χ1n) is 6.82. The predicted molar refractivity (Wildman–Crippen MR) is 76.8 cm³/mol. The standard InChI is InChI=1S/C11H14N5O6P/c1-23(19)20-2-4-6(17)7(22-23)10(21-4)16-3-13-5-8(16)14-11(12)15-9(5)18/h3-4,6-7,10,17H,2H2,1H3,(H3,12,14,15,18)/t4-,6-,7+,10+,23+/m0/s1. The summed E-state index contributed by atoms with van der Waals surface area (Å²) in [6, 6.07) is 0. The topological polar surface area (TPSA) is 155 Å². The molecule has 4 N–H and O–H groups in total. The molecule has 0 spiro atoms. The van der Waals surface area contributed by atoms with Crippen molar-refractivity contribution in [3.8, 4) is 0 Å². The molecule has 2 bridgehead atoms. The van der Waals surface area contributed by atoms with Gasteiger partial charge in [-0.15, -0.1) is 0 Å². The predicted octanol–water partition coefficient (Wildman–Crippen LogP) is -0.802. The van der Waals surface area contributed by atoms with Crippen molar-refractivity contribution in [3.63, 3.8) is 0 Å². The molecule has 124 valence electrons. The summed E-state index contributed by atoms with van der Waals surface area (Å²) in [7, 11) is -3.31. The van der Waals surface area contributed by atoms with E-state index in [1.54, 1.807) is 0 Å². The Morgan fingerprint density at radius 3 is 3.13 bits per heavy atom. The number of nitrogens with one attached hydrogen (secondary N) is 1. The van der Waals surface area contributed by atoms with E-state index in [-0.39, 0.29) is 23.7 Å². The third-order valence-electron chi connectivity index (χ3n) is 3.82. The SMILES string of the molecule is C[P@@]1(=O)OC[C@@H]2O[C@@H](n3cnc4c(=O)[nH]c(N)nc43)[C@H](O1)[C@H]2O. The van der Waals surface area contributed by atoms with Crippen LogP contribution in [0.4, 0.5) is 5.95 Å². The second kappa shape index (κ2) is 4.86. The number of aliphatic hydroxyl groups excluding tert-OH is 1. The highest BCUT2D eigenvalue weighted by Gasteiger charge is 2.51. The molecule has 11 nitrogen and oxygen atoms in total. The summed E-state index contributed by atoms with van der Waals surface area (Å²) in [5, 5.41) is 10.3. The molecule has 4 rings (SSSR count). The number of aromatic amines is 1. The Morgan fingerprint density at radius 1 is 1.57 bits per heavy atom. The molecule has 0 amide bonds. The molecule has 0 aliphatic carbocycles. The largest absolute Gasteiger partial charge is 0.387 e. The van der Waals surface area contributed by atoms with E-state index in [4.69, 9.17) is 19.5 Å². The van der Waals surface area contributed by atoms with Crippen molar-refractivity contribution in [2.75, 3.05) is 19.0 Å². The summed E-state index contributed by atoms with van der Waals surface area (Å²) in [5.74, 6) is -0.0756. The molecule has 0 radical (unpaired) electrons. The summed E-state index contributed by atoms with van der Waals surface area (Å²) in [6.07, 6.45) is -2.21. The number of hydrogen-bond acceptors (Lipinski definition) is 9. The first kappa shape index (κ1) is 14.8. The van der Waals surface area contributed by atoms with Gasteiger partial charge in [0.05, 0.1) is 12.9 Å². The molecule has 2 aliphatic rings. The molecule has 2 saturated heterocycles. The summed E-state index contributed by atoms with van der Waals surface area (Å²) in [5.41, 5.74) is 5.33. The molecule has 5 atom stereocenters. The number of aromatic nitrogens is 4. The molecule has 2 aliphatic heterocycles. The maximum absolute atomic E-state index is 12.1. The number of nitrogen functional groups attached to an aromatic ring is 1. The Bertz CT molecular complexity index is 879. The van der Waals surface area contributed by atoms with E-state index < -0.39 is 37.7 Å². The fourth-order valence-electron chi connectivity index (χ4n) is 2.78. The Hall–Kier alpha value is -1.78. The quantitative estimate of drug-likeness (QED) is 0.564. The minimum atomic E-state index is -3.31. The fourth-order valence-corrected chi connectivity index (χ4v) is 3.93. The first-order chi connectivity index (χ1) is 10.9. The van der Waals surface area contributed by atoms with Crippen molar-refractivity contribution in [2.24, 2.45) is 0 Å². The molecule has 2 fully saturated rings. The Labute approximate surface area is 128 Å². The smallest absolute Gasteiger partial charge is 0.328 e. The van der Waals surface area contributed by atoms with Crippen LogP contribution in [0.1, 0.15) is 6.23 Å². The van der Waals surface area contributed by atoms with Gasteiger partial charge in [0.15, 0.2) is 17.4 Å². The minimum absolute atomic E-state index is 0.0648. The van der Waals surface area contributed by atoms with Gasteiger partial charge < -0.3 is 20.1 Å². The molecule has 12 heteroatoms. The van der Waals surface area contributed by atoms with Gasteiger partial charge >= 0.3 is 7.60 Å². The van der Waals surface area contributed by atoms with Crippen LogP contribution in [-0.2, 0) is 18.3 Å². The number of hydrogen-bond donors (Lipinski definition) is 3. The minimum Gasteiger partial charge on any atom is -0.387 e. The molecule has 0 saturated carbocycles. The van der Waals surface area contributed by atoms with Crippen molar-refractivity contribution in [2.45, 2.75) is 24.5 Å². The zero-order chi connectivity index (χ0) is 16.4. The van der Waals surface area contributed by atoms with Crippen LogP contribution in [0.2, 0.25) is 0 Å². The molecule has 2 aromatic rings. The number of anilines is 1. The van der Waals surface area contributed by atoms with Gasteiger partial charge in [0.25, 0.3) is 5.56 Å². The zero-order valence-corrected chi connectivity index (χ0v) is 12.8. The molecule has 2 aromatic heterocycles. The molecular formula is C11H14N5O6P. The second-order valence-corrected chi connectivity index (χ2v) is 7.48. The van der Waals surface area contributed by atoms with E-state index >= 15 is 0 Å². The highest BCUT2D eigenvalue weighted by atomic mass is 31.2. The summed E-state index contributed by atoms with van der Waals surface area (Å²) >= 11 is 0. The summed E-state index contributed by atoms with van der Waals surface area (Å²) in [6.45, 7) is 1.26. The number of aliphatic hydroxyl groups is 1. The van der Waals surface area contributed by atoms with E-state index in [2.05, 4.69) is 15.0 Å². The average Bonchev–Trinajstić information content (AvgIpc) is 2.96. The van der Waals surface area contributed by atoms with Crippen molar-refractivity contribution >= 4 is 24.7 Å². The van der Waals surface area contributed by atoms with Crippen molar-refractivity contribution in [1.29, 1.82) is 0 Å². The monoisotopic (exact) mass is 343 g/mol. The Morgan fingerprint density at radius 2 is 2.35 bits per heavy atom. The third kappa shape index (κ3) is 2.28. The molecule has 23 heavy (non-hydrogen) atoms. The average molecular weight is 343 g/mol. The molecule has 0 aromatic carbocycles. The van der Waals surface area contributed by atoms with Gasteiger partial charge in [-0.3, -0.25) is 23.4 Å². The van der Waals surface area contributed by atoms with Crippen LogP contribution in [-0.4, -0.2) is 56.2 Å². The molecular weight excluding hydrogens is 329 g/mol.